The summed E-state index contributed by atoms with van der Waals surface area (Å²) in [5.74, 6) is -0.303. The fourth-order valence-electron chi connectivity index (χ4n) is 3.15. The second-order valence-electron chi connectivity index (χ2n) is 7.73. The molecule has 0 aliphatic carbocycles. The fraction of sp³-hybridized carbons (Fsp3) is 0.417. The molecule has 32 heavy (non-hydrogen) atoms. The topological polar surface area (TPSA) is 123 Å². The van der Waals surface area contributed by atoms with Gasteiger partial charge in [0.25, 0.3) is 5.91 Å². The summed E-state index contributed by atoms with van der Waals surface area (Å²) in [4.78, 5) is 25.9. The molecule has 174 valence electrons. The molecule has 0 bridgehead atoms. The maximum atomic E-state index is 13.1. The third-order valence-electron chi connectivity index (χ3n) is 4.93. The zero-order valence-electron chi connectivity index (χ0n) is 18.7. The Bertz CT molecular complexity index is 840. The molecular weight excluding hydrogens is 408 g/mol. The Kier molecular flexibility index (Phi) is 10.5. The average Bonchev–Trinajstić information content (AvgIpc) is 2.79. The number of hydrogen-bond acceptors (Lipinski definition) is 6. The monoisotopic (exact) mass is 442 g/mol. The number of carbonyl (C=O) groups is 2. The summed E-state index contributed by atoms with van der Waals surface area (Å²) in [5.41, 5.74) is 7.23. The Morgan fingerprint density at radius 3 is 1.75 bits per heavy atom. The van der Waals surface area contributed by atoms with E-state index in [0.717, 1.165) is 24.0 Å². The summed E-state index contributed by atoms with van der Waals surface area (Å²) < 4.78 is 0. The highest BCUT2D eigenvalue weighted by atomic mass is 16.3. The molecule has 0 unspecified atom stereocenters. The Balaban J connectivity index is 2.13. The minimum atomic E-state index is -0.790. The van der Waals surface area contributed by atoms with E-state index < -0.39 is 12.1 Å². The molecule has 2 aromatic rings. The Morgan fingerprint density at radius 2 is 1.25 bits per heavy atom. The van der Waals surface area contributed by atoms with Gasteiger partial charge in [0.1, 0.15) is 17.5 Å². The highest BCUT2D eigenvalue weighted by molar-refractivity contribution is 5.90. The second kappa shape index (κ2) is 13.3. The van der Waals surface area contributed by atoms with Gasteiger partial charge in [-0.15, -0.1) is 0 Å². The van der Waals surface area contributed by atoms with E-state index in [-0.39, 0.29) is 29.7 Å². The largest absolute Gasteiger partial charge is 0.508 e. The van der Waals surface area contributed by atoms with E-state index in [4.69, 9.17) is 0 Å². The number of hydrazine groups is 1. The first kappa shape index (κ1) is 25.2. The Morgan fingerprint density at radius 1 is 0.750 bits per heavy atom. The van der Waals surface area contributed by atoms with Gasteiger partial charge in [-0.3, -0.25) is 15.0 Å². The molecule has 0 aliphatic heterocycles. The number of carbonyl (C=O) groups excluding carboxylic acids is 2. The van der Waals surface area contributed by atoms with Crippen LogP contribution in [0.5, 0.6) is 11.5 Å². The number of aromatic hydroxyl groups is 2. The maximum Gasteiger partial charge on any atom is 0.256 e. The molecule has 8 heteroatoms. The summed E-state index contributed by atoms with van der Waals surface area (Å²) in [6.07, 6.45) is 2.42. The van der Waals surface area contributed by atoms with Crippen LogP contribution in [-0.4, -0.2) is 47.2 Å². The lowest BCUT2D eigenvalue weighted by Crippen LogP contribution is -2.56. The number of amides is 2. The standard InChI is InChI=1S/C24H34N4O4/c1-3-13-25-21(15-17-5-9-19(29)10-6-17)23(31)27-22(24(32)28-26-14-4-2)16-18-7-11-20(30)12-8-18/h5-12,21-22,25-26,29-30H,3-4,13-16H2,1-2H3,(H,27,31)(H,28,32)/t21-,22-/m0/s1. The molecule has 0 spiro atoms. The van der Waals surface area contributed by atoms with Gasteiger partial charge >= 0.3 is 0 Å². The van der Waals surface area contributed by atoms with Gasteiger partial charge in [-0.2, -0.15) is 0 Å². The smallest absolute Gasteiger partial charge is 0.256 e. The molecule has 0 fully saturated rings. The van der Waals surface area contributed by atoms with Crippen LogP contribution in [-0.2, 0) is 22.4 Å². The van der Waals surface area contributed by atoms with Crippen LogP contribution < -0.4 is 21.5 Å². The van der Waals surface area contributed by atoms with Crippen molar-refractivity contribution in [3.8, 4) is 11.5 Å². The van der Waals surface area contributed by atoms with Gasteiger partial charge in [0.05, 0.1) is 6.04 Å². The average molecular weight is 443 g/mol. The number of phenols is 2. The van der Waals surface area contributed by atoms with E-state index >= 15 is 0 Å². The number of nitrogens with one attached hydrogen (secondary N) is 4. The molecule has 0 saturated carbocycles. The van der Waals surface area contributed by atoms with Crippen LogP contribution in [0.15, 0.2) is 48.5 Å². The van der Waals surface area contributed by atoms with Crippen LogP contribution >= 0.6 is 0 Å². The highest BCUT2D eigenvalue weighted by Gasteiger charge is 2.26. The summed E-state index contributed by atoms with van der Waals surface area (Å²) in [7, 11) is 0. The van der Waals surface area contributed by atoms with Gasteiger partial charge in [0, 0.05) is 13.0 Å². The number of hydrogen-bond donors (Lipinski definition) is 6. The van der Waals surface area contributed by atoms with Crippen LogP contribution in [0.2, 0.25) is 0 Å². The number of rotatable bonds is 13. The van der Waals surface area contributed by atoms with E-state index in [9.17, 15) is 19.8 Å². The molecule has 2 atom stereocenters. The predicted octanol–water partition coefficient (Wildman–Crippen LogP) is 1.77. The van der Waals surface area contributed by atoms with Crippen LogP contribution in [0.4, 0.5) is 0 Å². The third-order valence-corrected chi connectivity index (χ3v) is 4.93. The minimum absolute atomic E-state index is 0.140. The van der Waals surface area contributed by atoms with Gasteiger partial charge in [-0.05, 0) is 61.2 Å². The Hall–Kier alpha value is -3.10. The van der Waals surface area contributed by atoms with Crippen LogP contribution in [0.1, 0.15) is 37.8 Å². The van der Waals surface area contributed by atoms with E-state index in [2.05, 4.69) is 21.5 Å². The SMILES string of the molecule is CCCNNC(=O)[C@H](Cc1ccc(O)cc1)NC(=O)[C@H](Cc1ccc(O)cc1)NCCC. The first-order valence-corrected chi connectivity index (χ1v) is 11.0. The van der Waals surface area contributed by atoms with Gasteiger partial charge in [0.2, 0.25) is 5.91 Å². The fourth-order valence-corrected chi connectivity index (χ4v) is 3.15. The third kappa shape index (κ3) is 8.56. The summed E-state index contributed by atoms with van der Waals surface area (Å²) in [5, 5.41) is 25.2. The normalized spacial score (nSPS) is 12.7. The number of phenolic OH excluding ortho intramolecular Hbond substituents is 2. The molecule has 0 radical (unpaired) electrons. The molecule has 0 heterocycles. The molecule has 2 amide bonds. The van der Waals surface area contributed by atoms with Crippen molar-refractivity contribution in [2.24, 2.45) is 0 Å². The van der Waals surface area contributed by atoms with E-state index in [1.807, 2.05) is 13.8 Å². The lowest BCUT2D eigenvalue weighted by atomic mass is 10.0. The molecule has 2 aromatic carbocycles. The summed E-state index contributed by atoms with van der Waals surface area (Å²) >= 11 is 0. The zero-order chi connectivity index (χ0) is 23.3. The predicted molar refractivity (Wildman–Crippen MR) is 124 cm³/mol. The minimum Gasteiger partial charge on any atom is -0.508 e. The molecular formula is C24H34N4O4. The molecule has 0 aliphatic rings. The van der Waals surface area contributed by atoms with Crippen molar-refractivity contribution < 1.29 is 19.8 Å². The molecule has 0 saturated heterocycles. The Labute approximate surface area is 189 Å². The molecule has 6 N–H and O–H groups in total. The van der Waals surface area contributed by atoms with Crippen molar-refractivity contribution in [1.29, 1.82) is 0 Å². The first-order valence-electron chi connectivity index (χ1n) is 11.0. The van der Waals surface area contributed by atoms with Gasteiger partial charge in [-0.1, -0.05) is 38.1 Å². The van der Waals surface area contributed by atoms with Crippen LogP contribution in [0.3, 0.4) is 0 Å². The van der Waals surface area contributed by atoms with Crippen molar-refractivity contribution in [2.75, 3.05) is 13.1 Å². The van der Waals surface area contributed by atoms with Gasteiger partial charge in [-0.25, -0.2) is 5.43 Å². The molecule has 2 rings (SSSR count). The van der Waals surface area contributed by atoms with Crippen LogP contribution in [0.25, 0.3) is 0 Å². The van der Waals surface area contributed by atoms with E-state index in [1.165, 1.54) is 0 Å². The highest BCUT2D eigenvalue weighted by Crippen LogP contribution is 2.13. The van der Waals surface area contributed by atoms with Crippen LogP contribution in [0, 0.1) is 0 Å². The van der Waals surface area contributed by atoms with Gasteiger partial charge < -0.3 is 20.8 Å². The van der Waals surface area contributed by atoms with Crippen molar-refractivity contribution in [2.45, 2.75) is 51.6 Å². The quantitative estimate of drug-likeness (QED) is 0.208. The van der Waals surface area contributed by atoms with Crippen molar-refractivity contribution in [1.82, 2.24) is 21.5 Å². The molecule has 0 aromatic heterocycles. The lowest BCUT2D eigenvalue weighted by Gasteiger charge is -2.23. The maximum absolute atomic E-state index is 13.1. The van der Waals surface area contributed by atoms with Crippen molar-refractivity contribution >= 4 is 11.8 Å². The molecule has 8 nitrogen and oxygen atoms in total. The second-order valence-corrected chi connectivity index (χ2v) is 7.73. The zero-order valence-corrected chi connectivity index (χ0v) is 18.7. The summed E-state index contributed by atoms with van der Waals surface area (Å²) in [6, 6.07) is 12.0. The van der Waals surface area contributed by atoms with Crippen molar-refractivity contribution in [3.05, 3.63) is 59.7 Å². The van der Waals surface area contributed by atoms with Crippen molar-refractivity contribution in [3.63, 3.8) is 0 Å². The number of benzene rings is 2. The summed E-state index contributed by atoms with van der Waals surface area (Å²) in [6.45, 7) is 5.28. The lowest BCUT2D eigenvalue weighted by molar-refractivity contribution is -0.130. The van der Waals surface area contributed by atoms with Gasteiger partial charge in [0.15, 0.2) is 0 Å². The van der Waals surface area contributed by atoms with E-state index in [0.29, 0.717) is 19.5 Å². The first-order chi connectivity index (χ1) is 15.4. The van der Waals surface area contributed by atoms with E-state index in [1.54, 1.807) is 48.5 Å².